The van der Waals surface area contributed by atoms with E-state index in [0.29, 0.717) is 13.2 Å². The van der Waals surface area contributed by atoms with E-state index in [1.807, 2.05) is 23.9 Å². The first-order valence-corrected chi connectivity index (χ1v) is 7.47. The Kier molecular flexibility index (Phi) is 4.88. The lowest BCUT2D eigenvalue weighted by atomic mass is 10.1. The van der Waals surface area contributed by atoms with Crippen LogP contribution in [-0.4, -0.2) is 40.8 Å². The molecule has 2 heterocycles. The Hall–Kier alpha value is -1.99. The topological polar surface area (TPSA) is 39.5 Å². The molecule has 2 aromatic rings. The fourth-order valence-electron chi connectivity index (χ4n) is 2.69. The molecular weight excluding hydrogens is 304 g/mol. The standard InChI is InChI=1S/C16H19F2N3O2/c1-20-6-5-19-15(20)11-21-7-8-22-14(10-21)12-3-2-4-13(9-12)23-16(17)18/h2-6,9,14,16H,7-8,10-11H2,1H3/t14-/m0/s1. The van der Waals surface area contributed by atoms with Gasteiger partial charge < -0.3 is 14.0 Å². The predicted molar refractivity (Wildman–Crippen MR) is 80.3 cm³/mol. The van der Waals surface area contributed by atoms with Gasteiger partial charge in [0.05, 0.1) is 19.3 Å². The van der Waals surface area contributed by atoms with E-state index < -0.39 is 6.61 Å². The zero-order valence-corrected chi connectivity index (χ0v) is 12.9. The average molecular weight is 323 g/mol. The van der Waals surface area contributed by atoms with Gasteiger partial charge in [0.15, 0.2) is 0 Å². The molecule has 1 aliphatic heterocycles. The molecule has 0 aliphatic carbocycles. The van der Waals surface area contributed by atoms with Gasteiger partial charge in [0.2, 0.25) is 0 Å². The maximum atomic E-state index is 12.3. The summed E-state index contributed by atoms with van der Waals surface area (Å²) in [6.07, 6.45) is 3.53. The molecule has 1 aliphatic rings. The van der Waals surface area contributed by atoms with Crippen LogP contribution in [0.3, 0.4) is 0 Å². The maximum absolute atomic E-state index is 12.3. The number of morpholine rings is 1. The van der Waals surface area contributed by atoms with Crippen molar-refractivity contribution in [1.82, 2.24) is 14.5 Å². The smallest absolute Gasteiger partial charge is 0.387 e. The molecule has 1 aromatic carbocycles. The molecule has 0 spiro atoms. The summed E-state index contributed by atoms with van der Waals surface area (Å²) in [5.74, 6) is 1.14. The van der Waals surface area contributed by atoms with E-state index in [1.54, 1.807) is 18.3 Å². The summed E-state index contributed by atoms with van der Waals surface area (Å²) < 4.78 is 36.9. The first-order valence-electron chi connectivity index (χ1n) is 7.47. The number of ether oxygens (including phenoxy) is 2. The Balaban J connectivity index is 1.67. The minimum Gasteiger partial charge on any atom is -0.435 e. The highest BCUT2D eigenvalue weighted by Crippen LogP contribution is 2.26. The highest BCUT2D eigenvalue weighted by atomic mass is 19.3. The largest absolute Gasteiger partial charge is 0.435 e. The van der Waals surface area contributed by atoms with Crippen molar-refractivity contribution in [2.24, 2.45) is 7.05 Å². The van der Waals surface area contributed by atoms with Crippen molar-refractivity contribution in [3.8, 4) is 5.75 Å². The van der Waals surface area contributed by atoms with Crippen LogP contribution in [0.4, 0.5) is 8.78 Å². The Morgan fingerprint density at radius 1 is 1.43 bits per heavy atom. The van der Waals surface area contributed by atoms with E-state index in [0.717, 1.165) is 24.5 Å². The number of alkyl halides is 2. The van der Waals surface area contributed by atoms with Crippen LogP contribution in [0.15, 0.2) is 36.7 Å². The first-order chi connectivity index (χ1) is 11.1. The fraction of sp³-hybridized carbons (Fsp3) is 0.438. The minimum atomic E-state index is -2.82. The van der Waals surface area contributed by atoms with Crippen LogP contribution < -0.4 is 4.74 Å². The predicted octanol–water partition coefficient (Wildman–Crippen LogP) is 2.60. The summed E-state index contributed by atoms with van der Waals surface area (Å²) in [7, 11) is 1.96. The highest BCUT2D eigenvalue weighted by Gasteiger charge is 2.23. The summed E-state index contributed by atoms with van der Waals surface area (Å²) in [5.41, 5.74) is 0.840. The van der Waals surface area contributed by atoms with Crippen LogP contribution in [0.1, 0.15) is 17.5 Å². The van der Waals surface area contributed by atoms with E-state index >= 15 is 0 Å². The number of aromatic nitrogens is 2. The Morgan fingerprint density at radius 2 is 2.30 bits per heavy atom. The second-order valence-electron chi connectivity index (χ2n) is 5.50. The van der Waals surface area contributed by atoms with Gasteiger partial charge in [-0.15, -0.1) is 0 Å². The van der Waals surface area contributed by atoms with Gasteiger partial charge in [-0.1, -0.05) is 12.1 Å². The Bertz CT molecular complexity index is 648. The maximum Gasteiger partial charge on any atom is 0.387 e. The van der Waals surface area contributed by atoms with Crippen LogP contribution in [0.25, 0.3) is 0 Å². The van der Waals surface area contributed by atoms with Crippen molar-refractivity contribution in [2.45, 2.75) is 19.3 Å². The van der Waals surface area contributed by atoms with Crippen molar-refractivity contribution >= 4 is 0 Å². The second-order valence-corrected chi connectivity index (χ2v) is 5.50. The van der Waals surface area contributed by atoms with Crippen molar-refractivity contribution in [1.29, 1.82) is 0 Å². The van der Waals surface area contributed by atoms with E-state index in [1.165, 1.54) is 6.07 Å². The molecule has 0 radical (unpaired) electrons. The molecule has 0 bridgehead atoms. The van der Waals surface area contributed by atoms with Crippen molar-refractivity contribution < 1.29 is 18.3 Å². The average Bonchev–Trinajstić information content (AvgIpc) is 2.92. The molecule has 7 heteroatoms. The van der Waals surface area contributed by atoms with E-state index in [9.17, 15) is 8.78 Å². The Labute approximate surface area is 133 Å². The molecule has 0 unspecified atom stereocenters. The summed E-state index contributed by atoms with van der Waals surface area (Å²) in [4.78, 5) is 6.58. The van der Waals surface area contributed by atoms with Crippen LogP contribution >= 0.6 is 0 Å². The third-order valence-electron chi connectivity index (χ3n) is 3.89. The van der Waals surface area contributed by atoms with Crippen LogP contribution in [0, 0.1) is 0 Å². The van der Waals surface area contributed by atoms with Crippen molar-refractivity contribution in [2.75, 3.05) is 19.7 Å². The summed E-state index contributed by atoms with van der Waals surface area (Å²) in [6.45, 7) is 0.00475. The van der Waals surface area contributed by atoms with E-state index in [4.69, 9.17) is 4.74 Å². The number of aryl methyl sites for hydroxylation is 1. The molecule has 1 aromatic heterocycles. The van der Waals surface area contributed by atoms with Gasteiger partial charge in [-0.2, -0.15) is 8.78 Å². The van der Waals surface area contributed by atoms with Crippen molar-refractivity contribution in [3.63, 3.8) is 0 Å². The molecular formula is C16H19F2N3O2. The van der Waals surface area contributed by atoms with E-state index in [-0.39, 0.29) is 11.9 Å². The van der Waals surface area contributed by atoms with Crippen LogP contribution in [-0.2, 0) is 18.3 Å². The van der Waals surface area contributed by atoms with Gasteiger partial charge in [-0.3, -0.25) is 4.90 Å². The fourth-order valence-corrected chi connectivity index (χ4v) is 2.69. The molecule has 23 heavy (non-hydrogen) atoms. The number of hydrogen-bond donors (Lipinski definition) is 0. The molecule has 1 saturated heterocycles. The number of rotatable bonds is 5. The van der Waals surface area contributed by atoms with Gasteiger partial charge >= 0.3 is 6.61 Å². The molecule has 5 nitrogen and oxygen atoms in total. The second kappa shape index (κ2) is 7.06. The number of imidazole rings is 1. The third-order valence-corrected chi connectivity index (χ3v) is 3.89. The SMILES string of the molecule is Cn1ccnc1CN1CCO[C@H](c2cccc(OC(F)F)c2)C1. The minimum absolute atomic E-state index is 0.155. The van der Waals surface area contributed by atoms with Gasteiger partial charge in [-0.05, 0) is 17.7 Å². The molecule has 0 amide bonds. The first kappa shape index (κ1) is 15.9. The van der Waals surface area contributed by atoms with Gasteiger partial charge in [-0.25, -0.2) is 4.98 Å². The number of nitrogens with zero attached hydrogens (tertiary/aromatic N) is 3. The lowest BCUT2D eigenvalue weighted by Gasteiger charge is -2.33. The van der Waals surface area contributed by atoms with Crippen LogP contribution in [0.5, 0.6) is 5.75 Å². The molecule has 124 valence electrons. The molecule has 1 atom stereocenters. The highest BCUT2D eigenvalue weighted by molar-refractivity contribution is 5.30. The van der Waals surface area contributed by atoms with Gasteiger partial charge in [0, 0.05) is 32.5 Å². The quantitative estimate of drug-likeness (QED) is 0.848. The van der Waals surface area contributed by atoms with Gasteiger partial charge in [0.25, 0.3) is 0 Å². The molecule has 1 fully saturated rings. The molecule has 3 rings (SSSR count). The zero-order chi connectivity index (χ0) is 16.2. The lowest BCUT2D eigenvalue weighted by molar-refractivity contribution is -0.0509. The lowest BCUT2D eigenvalue weighted by Crippen LogP contribution is -2.38. The zero-order valence-electron chi connectivity index (χ0n) is 12.9. The monoisotopic (exact) mass is 323 g/mol. The van der Waals surface area contributed by atoms with E-state index in [2.05, 4.69) is 14.6 Å². The number of benzene rings is 1. The number of hydrogen-bond acceptors (Lipinski definition) is 4. The number of halogens is 2. The van der Waals surface area contributed by atoms with Gasteiger partial charge in [0.1, 0.15) is 11.6 Å². The van der Waals surface area contributed by atoms with Crippen LogP contribution in [0.2, 0.25) is 0 Å². The Morgan fingerprint density at radius 3 is 3.04 bits per heavy atom. The summed E-state index contributed by atoms with van der Waals surface area (Å²) in [5, 5.41) is 0. The molecule has 0 N–H and O–H groups in total. The van der Waals surface area contributed by atoms with Crippen molar-refractivity contribution in [3.05, 3.63) is 48.0 Å². The third kappa shape index (κ3) is 4.05. The normalized spacial score (nSPS) is 19.2. The summed E-state index contributed by atoms with van der Waals surface area (Å²) >= 11 is 0. The summed E-state index contributed by atoms with van der Waals surface area (Å²) in [6, 6.07) is 6.70. The molecule has 0 saturated carbocycles.